The maximum Gasteiger partial charge on any atom is 0.354 e. The predicted molar refractivity (Wildman–Crippen MR) is 154 cm³/mol. The number of hydrogen-bond donors (Lipinski definition) is 3. The number of nitrogens with two attached hydrogens (primary N) is 2. The van der Waals surface area contributed by atoms with Crippen LogP contribution in [0.15, 0.2) is 41.3 Å². The highest BCUT2D eigenvalue weighted by molar-refractivity contribution is 5.89. The van der Waals surface area contributed by atoms with Crippen molar-refractivity contribution < 1.29 is 9.59 Å². The molecule has 4 rings (SSSR count). The van der Waals surface area contributed by atoms with Crippen molar-refractivity contribution >= 4 is 30.2 Å². The van der Waals surface area contributed by atoms with Crippen molar-refractivity contribution in [3.8, 4) is 5.69 Å². The zero-order valence-corrected chi connectivity index (χ0v) is 23.8. The van der Waals surface area contributed by atoms with Crippen LogP contribution < -0.4 is 22.5 Å². The van der Waals surface area contributed by atoms with Gasteiger partial charge in [-0.3, -0.25) is 19.6 Å². The lowest BCUT2D eigenvalue weighted by atomic mass is 10.0. The van der Waals surface area contributed by atoms with Crippen molar-refractivity contribution in [1.29, 1.82) is 0 Å². The summed E-state index contributed by atoms with van der Waals surface area (Å²) in [5.41, 5.74) is 12.4. The molecule has 12 heteroatoms. The molecule has 214 valence electrons. The highest BCUT2D eigenvalue weighted by Gasteiger charge is 2.35. The maximum absolute atomic E-state index is 13.0. The molecule has 1 atom stereocenters. The second-order valence-corrected chi connectivity index (χ2v) is 10.9. The minimum absolute atomic E-state index is 0. The number of hydrogen-bond acceptors (Lipinski definition) is 7. The molecule has 2 aliphatic rings. The van der Waals surface area contributed by atoms with E-state index in [1.807, 2.05) is 31.2 Å². The number of piperidine rings is 1. The van der Waals surface area contributed by atoms with Gasteiger partial charge in [-0.05, 0) is 70.0 Å². The number of halogens is 1. The number of carbonyl (C=O) groups is 2. The molecule has 0 aliphatic carbocycles. The molecule has 2 aromatic rings. The summed E-state index contributed by atoms with van der Waals surface area (Å²) in [4.78, 5) is 48.3. The molecule has 1 aromatic heterocycles. The topological polar surface area (TPSA) is 143 Å². The Kier molecular flexibility index (Phi) is 10.1. The van der Waals surface area contributed by atoms with Gasteiger partial charge in [0.1, 0.15) is 5.82 Å². The van der Waals surface area contributed by atoms with Gasteiger partial charge in [0.25, 0.3) is 0 Å². The number of anilines is 1. The van der Waals surface area contributed by atoms with Gasteiger partial charge in [0.05, 0.1) is 17.3 Å². The summed E-state index contributed by atoms with van der Waals surface area (Å²) in [5.74, 6) is 0.0539. The first kappa shape index (κ1) is 30.6. The van der Waals surface area contributed by atoms with Gasteiger partial charge in [0.2, 0.25) is 5.91 Å². The van der Waals surface area contributed by atoms with Crippen LogP contribution in [0.4, 0.5) is 10.6 Å². The van der Waals surface area contributed by atoms with Crippen LogP contribution >= 0.6 is 12.4 Å². The monoisotopic (exact) mass is 560 g/mol. The lowest BCUT2D eigenvalue weighted by Crippen LogP contribution is -2.61. The van der Waals surface area contributed by atoms with E-state index < -0.39 is 11.2 Å². The molecule has 0 radical (unpaired) electrons. The first-order chi connectivity index (χ1) is 18.0. The number of nitrogens with one attached hydrogen (secondary N) is 1. The first-order valence-electron chi connectivity index (χ1n) is 13.4. The molecule has 0 unspecified atom stereocenters. The van der Waals surface area contributed by atoms with Gasteiger partial charge < -0.3 is 21.3 Å². The second-order valence-electron chi connectivity index (χ2n) is 10.9. The van der Waals surface area contributed by atoms with Gasteiger partial charge in [-0.15, -0.1) is 12.4 Å². The van der Waals surface area contributed by atoms with Crippen LogP contribution in [0.1, 0.15) is 45.6 Å². The Bertz CT molecular complexity index is 1190. The number of likely N-dealkylation sites (tertiary alicyclic amines) is 1. The average molecular weight is 561 g/mol. The van der Waals surface area contributed by atoms with Crippen molar-refractivity contribution in [2.45, 2.75) is 64.2 Å². The smallest absolute Gasteiger partial charge is 0.337 e. The van der Waals surface area contributed by atoms with E-state index in [1.54, 1.807) is 35.9 Å². The summed E-state index contributed by atoms with van der Waals surface area (Å²) in [5, 5.41) is 2.75. The standard InChI is InChI=1S/C27H40N8O3.ClH/c1-4-21-18-33(24(36)27(2,3)29)15-16-35(21)26(38)31-23-11-14-34(25(37)30-23)22-7-5-19(6-8-22)17-32-12-9-20(28)10-13-32;/h5-8,11,14,20-21H,4,9-10,12-13,15-18,28-29H2,1-3H3,(H,30,31,37,38);1H/t21-;/m0./s1. The molecule has 3 heterocycles. The fraction of sp³-hybridized carbons (Fsp3) is 0.556. The zero-order chi connectivity index (χ0) is 27.4. The normalized spacial score (nSPS) is 18.9. The van der Waals surface area contributed by atoms with Crippen LogP contribution in [-0.4, -0.2) is 86.5 Å². The van der Waals surface area contributed by atoms with E-state index in [1.165, 1.54) is 10.1 Å². The largest absolute Gasteiger partial charge is 0.354 e. The Balaban J connectivity index is 0.00000420. The van der Waals surface area contributed by atoms with Gasteiger partial charge in [-0.2, -0.15) is 4.98 Å². The SMILES string of the molecule is CC[C@H]1CN(C(=O)C(C)(C)N)CCN1C(=O)Nc1ccn(-c2ccc(CN3CCC(N)CC3)cc2)c(=O)n1.Cl. The van der Waals surface area contributed by atoms with E-state index >= 15 is 0 Å². The average Bonchev–Trinajstić information content (AvgIpc) is 2.89. The number of carbonyl (C=O) groups excluding carboxylic acids is 2. The van der Waals surface area contributed by atoms with Crippen LogP contribution in [-0.2, 0) is 11.3 Å². The molecule has 3 amide bonds. The molecular formula is C27H41ClN8O3. The second kappa shape index (κ2) is 12.9. The minimum Gasteiger partial charge on any atom is -0.337 e. The number of aromatic nitrogens is 2. The Morgan fingerprint density at radius 2 is 1.74 bits per heavy atom. The van der Waals surface area contributed by atoms with Crippen LogP contribution in [0.5, 0.6) is 0 Å². The van der Waals surface area contributed by atoms with E-state index in [9.17, 15) is 14.4 Å². The molecule has 2 aliphatic heterocycles. The van der Waals surface area contributed by atoms with Gasteiger partial charge in [0, 0.05) is 38.4 Å². The van der Waals surface area contributed by atoms with E-state index in [0.29, 0.717) is 37.8 Å². The number of nitrogens with zero attached hydrogens (tertiary/aromatic N) is 5. The Labute approximate surface area is 235 Å². The van der Waals surface area contributed by atoms with Gasteiger partial charge in [-0.25, -0.2) is 9.59 Å². The molecule has 1 aromatic carbocycles. The predicted octanol–water partition coefficient (Wildman–Crippen LogP) is 1.77. The van der Waals surface area contributed by atoms with Gasteiger partial charge in [-0.1, -0.05) is 19.1 Å². The molecule has 0 saturated carbocycles. The lowest BCUT2D eigenvalue weighted by Gasteiger charge is -2.42. The molecule has 5 N–H and O–H groups in total. The molecule has 0 spiro atoms. The quantitative estimate of drug-likeness (QED) is 0.488. The van der Waals surface area contributed by atoms with Crippen LogP contribution in [0.3, 0.4) is 0 Å². The van der Waals surface area contributed by atoms with Crippen molar-refractivity contribution in [2.24, 2.45) is 11.5 Å². The molecule has 2 fully saturated rings. The Hall–Kier alpha value is -2.99. The highest BCUT2D eigenvalue weighted by atomic mass is 35.5. The van der Waals surface area contributed by atoms with Crippen molar-refractivity contribution in [1.82, 2.24) is 24.3 Å². The number of amides is 3. The zero-order valence-electron chi connectivity index (χ0n) is 23.0. The van der Waals surface area contributed by atoms with E-state index in [-0.39, 0.29) is 36.2 Å². The van der Waals surface area contributed by atoms with Crippen LogP contribution in [0.25, 0.3) is 5.69 Å². The van der Waals surface area contributed by atoms with Gasteiger partial charge >= 0.3 is 11.7 Å². The number of rotatable bonds is 6. The Morgan fingerprint density at radius 3 is 2.33 bits per heavy atom. The number of piperazine rings is 1. The molecule has 0 bridgehead atoms. The third-order valence-electron chi connectivity index (χ3n) is 7.34. The third-order valence-corrected chi connectivity index (χ3v) is 7.34. The minimum atomic E-state index is -0.959. The molecular weight excluding hydrogens is 520 g/mol. The highest BCUT2D eigenvalue weighted by Crippen LogP contribution is 2.18. The van der Waals surface area contributed by atoms with E-state index in [0.717, 1.165) is 32.5 Å². The third kappa shape index (κ3) is 7.57. The summed E-state index contributed by atoms with van der Waals surface area (Å²) in [7, 11) is 0. The maximum atomic E-state index is 13.0. The summed E-state index contributed by atoms with van der Waals surface area (Å²) in [6, 6.07) is 9.27. The van der Waals surface area contributed by atoms with Crippen LogP contribution in [0, 0.1) is 0 Å². The fourth-order valence-electron chi connectivity index (χ4n) is 5.05. The first-order valence-corrected chi connectivity index (χ1v) is 13.4. The van der Waals surface area contributed by atoms with Crippen molar-refractivity contribution in [3.05, 3.63) is 52.6 Å². The summed E-state index contributed by atoms with van der Waals surface area (Å²) >= 11 is 0. The molecule has 2 saturated heterocycles. The summed E-state index contributed by atoms with van der Waals surface area (Å²) in [6.07, 6.45) is 4.33. The fourth-order valence-corrected chi connectivity index (χ4v) is 5.05. The van der Waals surface area contributed by atoms with E-state index in [4.69, 9.17) is 11.5 Å². The lowest BCUT2D eigenvalue weighted by molar-refractivity contribution is -0.138. The Morgan fingerprint density at radius 1 is 1.08 bits per heavy atom. The van der Waals surface area contributed by atoms with Crippen molar-refractivity contribution in [3.63, 3.8) is 0 Å². The summed E-state index contributed by atoms with van der Waals surface area (Å²) in [6.45, 7) is 9.39. The number of benzene rings is 1. The summed E-state index contributed by atoms with van der Waals surface area (Å²) < 4.78 is 1.45. The molecule has 11 nitrogen and oxygen atoms in total. The number of urea groups is 1. The van der Waals surface area contributed by atoms with Crippen molar-refractivity contribution in [2.75, 3.05) is 38.0 Å². The molecule has 39 heavy (non-hydrogen) atoms. The van der Waals surface area contributed by atoms with Gasteiger partial charge in [0.15, 0.2) is 0 Å². The van der Waals surface area contributed by atoms with E-state index in [2.05, 4.69) is 15.2 Å². The van der Waals surface area contributed by atoms with Crippen LogP contribution in [0.2, 0.25) is 0 Å².